The van der Waals surface area contributed by atoms with Gasteiger partial charge in [-0.2, -0.15) is 0 Å². The van der Waals surface area contributed by atoms with Crippen LogP contribution in [0.3, 0.4) is 0 Å². The number of fused-ring (bicyclic) bond motifs is 3. The lowest BCUT2D eigenvalue weighted by Gasteiger charge is -2.13. The van der Waals surface area contributed by atoms with Crippen LogP contribution in [-0.4, -0.2) is 77.6 Å². The molecule has 0 aliphatic carbocycles. The van der Waals surface area contributed by atoms with Crippen molar-refractivity contribution in [2.24, 2.45) is 0 Å². The molecule has 0 atom stereocenters. The molecular formula is C99H101N3O9. The average Bonchev–Trinajstić information content (AvgIpc) is 0.780. The van der Waals surface area contributed by atoms with E-state index in [2.05, 4.69) is 262 Å². The Labute approximate surface area is 655 Å². The van der Waals surface area contributed by atoms with Crippen LogP contribution in [0.15, 0.2) is 304 Å². The van der Waals surface area contributed by atoms with Crippen molar-refractivity contribution in [1.29, 1.82) is 0 Å². The molecule has 0 saturated carbocycles. The summed E-state index contributed by atoms with van der Waals surface area (Å²) in [5.41, 5.74) is 19.5. The van der Waals surface area contributed by atoms with Gasteiger partial charge in [0.1, 0.15) is 34.5 Å². The number of methoxy groups -OCH3 is 8. The third-order valence-electron chi connectivity index (χ3n) is 18.0. The zero-order valence-corrected chi connectivity index (χ0v) is 66.9. The van der Waals surface area contributed by atoms with Gasteiger partial charge >= 0.3 is 0 Å². The van der Waals surface area contributed by atoms with E-state index in [1.54, 1.807) is 82.3 Å². The smallest absolute Gasteiger partial charge is 0.232 e. The lowest BCUT2D eigenvalue weighted by molar-refractivity contribution is 0.101. The largest absolute Gasteiger partial charge is 0.497 e. The Bertz CT molecular complexity index is 5370. The Hall–Kier alpha value is -13.1. The van der Waals surface area contributed by atoms with Gasteiger partial charge in [-0.25, -0.2) is 9.97 Å². The summed E-state index contributed by atoms with van der Waals surface area (Å²) >= 11 is 0. The molecule has 15 aromatic rings. The number of rotatable bonds is 13. The first kappa shape index (κ1) is 83.6. The Morgan fingerprint density at radius 3 is 1.28 bits per heavy atom. The number of benzene rings is 13. The lowest BCUT2D eigenvalue weighted by atomic mass is 9.93. The quantitative estimate of drug-likeness (QED) is 0.102. The van der Waals surface area contributed by atoms with Gasteiger partial charge in [-0.05, 0) is 218 Å². The van der Waals surface area contributed by atoms with Gasteiger partial charge in [0, 0.05) is 28.9 Å². The molecule has 13 aromatic carbocycles. The van der Waals surface area contributed by atoms with E-state index in [1.165, 1.54) is 93.5 Å². The van der Waals surface area contributed by atoms with E-state index in [4.69, 9.17) is 37.9 Å². The van der Waals surface area contributed by atoms with Crippen LogP contribution in [0.2, 0.25) is 0 Å². The van der Waals surface area contributed by atoms with Crippen molar-refractivity contribution < 1.29 is 42.7 Å². The molecule has 0 radical (unpaired) electrons. The van der Waals surface area contributed by atoms with Crippen LogP contribution in [0.25, 0.3) is 76.8 Å². The van der Waals surface area contributed by atoms with Crippen molar-refractivity contribution in [2.75, 3.05) is 56.9 Å². The van der Waals surface area contributed by atoms with Gasteiger partial charge < -0.3 is 37.9 Å². The highest BCUT2D eigenvalue weighted by Gasteiger charge is 2.13. The van der Waals surface area contributed by atoms with Crippen molar-refractivity contribution in [3.63, 3.8) is 0 Å². The van der Waals surface area contributed by atoms with Crippen molar-refractivity contribution >= 4 is 38.1 Å². The summed E-state index contributed by atoms with van der Waals surface area (Å²) in [7, 11) is 13.2. The molecule has 111 heavy (non-hydrogen) atoms. The van der Waals surface area contributed by atoms with Gasteiger partial charge in [-0.15, -0.1) is 0 Å². The summed E-state index contributed by atoms with van der Waals surface area (Å²) in [4.78, 5) is 23.1. The highest BCUT2D eigenvalue weighted by molar-refractivity contribution is 5.98. The Kier molecular flexibility index (Phi) is 32.4. The molecule has 2 heterocycles. The minimum atomic E-state index is 0.0463. The molecule has 2 aromatic heterocycles. The predicted molar refractivity (Wildman–Crippen MR) is 459 cm³/mol. The van der Waals surface area contributed by atoms with Gasteiger partial charge in [-0.3, -0.25) is 9.78 Å². The molecule has 0 bridgehead atoms. The molecular weight excluding hydrogens is 1380 g/mol. The number of hydrogen-bond donors (Lipinski definition) is 0. The van der Waals surface area contributed by atoms with E-state index in [9.17, 15) is 4.79 Å². The summed E-state index contributed by atoms with van der Waals surface area (Å²) in [6.45, 7) is 17.8. The Balaban J connectivity index is 0.000000164. The molecule has 0 fully saturated rings. The molecule has 15 rings (SSSR count). The lowest BCUT2D eigenvalue weighted by Crippen LogP contribution is -1.99. The summed E-state index contributed by atoms with van der Waals surface area (Å²) in [6, 6.07) is 99.3. The monoisotopic (exact) mass is 1480 g/mol. The first-order valence-corrected chi connectivity index (χ1v) is 36.5. The van der Waals surface area contributed by atoms with Gasteiger partial charge in [0.25, 0.3) is 0 Å². The maximum Gasteiger partial charge on any atom is 0.232 e. The average molecular weight is 1480 g/mol. The van der Waals surface area contributed by atoms with Crippen molar-refractivity contribution in [3.8, 4) is 90.8 Å². The van der Waals surface area contributed by atoms with E-state index in [0.717, 1.165) is 56.8 Å². The molecule has 0 aliphatic heterocycles. The fraction of sp³-hybridized carbons (Fsp3) is 0.172. The van der Waals surface area contributed by atoms with Crippen molar-refractivity contribution in [1.82, 2.24) is 15.0 Å². The van der Waals surface area contributed by atoms with Crippen LogP contribution in [0.5, 0.6) is 46.3 Å². The van der Waals surface area contributed by atoms with Gasteiger partial charge in [-0.1, -0.05) is 229 Å². The summed E-state index contributed by atoms with van der Waals surface area (Å²) in [6.07, 6.45) is 3.26. The first-order valence-electron chi connectivity index (χ1n) is 36.5. The van der Waals surface area contributed by atoms with E-state index in [1.807, 2.05) is 93.6 Å². The highest BCUT2D eigenvalue weighted by atomic mass is 16.5. The standard InChI is InChI=1S/C26H22O.C14H14O.3C12H12O.C10H12O2.C7H9NO.C6H8N2O/c1-19-13-14-22(17-24(19)20-9-5-3-6-10-20)23-15-16-26(27-2)25(18-23)21-11-7-4-8-12-21;1-11-3-5-12(6-4-11)13-7-9-14(15-2)10-8-13;1-9-3-4-11-8-12(13-2)6-5-10(11)7-9;1-9-3-4-10-5-6-12(13-2)8-11(10)7-9;1-9-7-8-12(13-2)11-6-4-3-5-10(9)11;1-7-5-4-6-9(12-3)10(7)8(2)11;1-6-4-3-5-7(8-6)9-2;1-5-3-7-4-6(8-5)9-2/h3-18H,1-2H3;3-10H,1-2H3;3*3-8H,1-2H3;4-6H,1-3H3;3-5H,1-2H3;3-4H,1-2H3. The molecule has 0 N–H and O–H groups in total. The Morgan fingerprint density at radius 2 is 0.730 bits per heavy atom. The zero-order chi connectivity index (χ0) is 79.6. The number of pyridine rings is 1. The maximum atomic E-state index is 11.2. The number of ether oxygens (including phenoxy) is 8. The summed E-state index contributed by atoms with van der Waals surface area (Å²) < 4.78 is 41.1. The predicted octanol–water partition coefficient (Wildman–Crippen LogP) is 24.5. The van der Waals surface area contributed by atoms with Crippen molar-refractivity contribution in [3.05, 3.63) is 354 Å². The highest BCUT2D eigenvalue weighted by Crippen LogP contribution is 2.37. The van der Waals surface area contributed by atoms with Crippen LogP contribution in [0, 0.1) is 55.4 Å². The van der Waals surface area contributed by atoms with Crippen LogP contribution < -0.4 is 37.9 Å². The maximum absolute atomic E-state index is 11.2. The fourth-order valence-corrected chi connectivity index (χ4v) is 12.0. The van der Waals surface area contributed by atoms with Crippen LogP contribution in [0.4, 0.5) is 0 Å². The van der Waals surface area contributed by atoms with Crippen LogP contribution >= 0.6 is 0 Å². The number of Topliss-reactive ketones (excluding diaryl/α,β-unsaturated/α-hetero) is 1. The second-order valence-electron chi connectivity index (χ2n) is 26.1. The number of ketones is 1. The Morgan fingerprint density at radius 1 is 0.270 bits per heavy atom. The molecule has 0 saturated heterocycles. The first-order chi connectivity index (χ1) is 53.8. The number of carbonyl (C=O) groups excluding carboxylic acids is 1. The molecule has 0 spiro atoms. The minimum absolute atomic E-state index is 0.0463. The summed E-state index contributed by atoms with van der Waals surface area (Å²) in [5, 5.41) is 7.43. The van der Waals surface area contributed by atoms with E-state index >= 15 is 0 Å². The van der Waals surface area contributed by atoms with E-state index in [0.29, 0.717) is 23.1 Å². The fourth-order valence-electron chi connectivity index (χ4n) is 12.0. The van der Waals surface area contributed by atoms with Gasteiger partial charge in [0.15, 0.2) is 5.78 Å². The third kappa shape index (κ3) is 25.0. The number of hydrogen-bond acceptors (Lipinski definition) is 12. The van der Waals surface area contributed by atoms with Gasteiger partial charge in [0.05, 0.1) is 74.3 Å². The molecule has 0 unspecified atom stereocenters. The number of nitrogens with zero attached hydrogens (tertiary/aromatic N) is 3. The van der Waals surface area contributed by atoms with E-state index < -0.39 is 0 Å². The molecule has 12 nitrogen and oxygen atoms in total. The normalized spacial score (nSPS) is 10.1. The van der Waals surface area contributed by atoms with Crippen molar-refractivity contribution in [2.45, 2.75) is 62.3 Å². The number of aryl methyl sites for hydroxylation is 8. The van der Waals surface area contributed by atoms with E-state index in [-0.39, 0.29) is 5.78 Å². The summed E-state index contributed by atoms with van der Waals surface area (Å²) in [5.74, 6) is 6.50. The second kappa shape index (κ2) is 43.1. The zero-order valence-electron chi connectivity index (χ0n) is 66.9. The minimum Gasteiger partial charge on any atom is -0.497 e. The van der Waals surface area contributed by atoms with Gasteiger partial charge in [0.2, 0.25) is 11.8 Å². The second-order valence-corrected chi connectivity index (χ2v) is 26.1. The van der Waals surface area contributed by atoms with Crippen LogP contribution in [-0.2, 0) is 0 Å². The molecule has 0 amide bonds. The third-order valence-corrected chi connectivity index (χ3v) is 18.0. The molecule has 566 valence electrons. The molecule has 12 heteroatoms. The topological polar surface area (TPSA) is 130 Å². The van der Waals surface area contributed by atoms with Crippen LogP contribution in [0.1, 0.15) is 62.1 Å². The number of carbonyl (C=O) groups is 1. The molecule has 0 aliphatic rings. The number of aromatic nitrogens is 3. The SMILES string of the molecule is COc1ccc(-c2ccc(C)c(-c3ccccc3)c2)cc1-c1ccccc1.COc1ccc(-c2ccc(C)cc2)cc1.COc1ccc(C)c2ccccc12.COc1ccc2cc(C)ccc2c1.COc1ccc2ccc(C)cc2c1.COc1cccc(C)c1C(C)=O.COc1cccc(C)n1.COc1cncc(C)n1.